The summed E-state index contributed by atoms with van der Waals surface area (Å²) in [7, 11) is 0. The average Bonchev–Trinajstić information content (AvgIpc) is 3.35. The molecule has 0 saturated heterocycles. The van der Waals surface area contributed by atoms with Crippen LogP contribution in [-0.2, 0) is 13.0 Å². The van der Waals surface area contributed by atoms with Gasteiger partial charge in [0.1, 0.15) is 5.82 Å². The van der Waals surface area contributed by atoms with E-state index >= 15 is 0 Å². The molecule has 0 aliphatic carbocycles. The summed E-state index contributed by atoms with van der Waals surface area (Å²) >= 11 is 0. The molecule has 0 atom stereocenters. The third-order valence-corrected chi connectivity index (χ3v) is 4.66. The quantitative estimate of drug-likeness (QED) is 0.512. The molecule has 1 aromatic carbocycles. The van der Waals surface area contributed by atoms with Gasteiger partial charge in [0, 0.05) is 49.4 Å². The molecule has 8 nitrogen and oxygen atoms in total. The Kier molecular flexibility index (Phi) is 7.21. The van der Waals surface area contributed by atoms with Crippen LogP contribution in [0, 0.1) is 0 Å². The van der Waals surface area contributed by atoms with E-state index in [0.717, 1.165) is 23.5 Å². The third kappa shape index (κ3) is 5.92. The lowest BCUT2D eigenvalue weighted by Gasteiger charge is -2.12. The fourth-order valence-corrected chi connectivity index (χ4v) is 3.12. The Morgan fingerprint density at radius 2 is 2.03 bits per heavy atom. The number of aryl methyl sites for hydroxylation is 1. The minimum Gasteiger partial charge on any atom is -0.339 e. The van der Waals surface area contributed by atoms with Gasteiger partial charge in [-0.3, -0.25) is 0 Å². The first-order valence-corrected chi connectivity index (χ1v) is 10.4. The van der Waals surface area contributed by atoms with Gasteiger partial charge in [0.25, 0.3) is 0 Å². The maximum absolute atomic E-state index is 12.2. The van der Waals surface area contributed by atoms with Crippen molar-refractivity contribution in [1.82, 2.24) is 25.0 Å². The molecule has 2 N–H and O–H groups in total. The molecule has 0 aliphatic heterocycles. The molecule has 2 amide bonds. The summed E-state index contributed by atoms with van der Waals surface area (Å²) in [4.78, 5) is 21.0. The summed E-state index contributed by atoms with van der Waals surface area (Å²) in [5.41, 5.74) is 1.86. The monoisotopic (exact) mass is 410 g/mol. The summed E-state index contributed by atoms with van der Waals surface area (Å²) in [6.45, 7) is 9.54. The van der Waals surface area contributed by atoms with Gasteiger partial charge in [0.15, 0.2) is 5.82 Å². The molecule has 3 rings (SSSR count). The first-order valence-electron chi connectivity index (χ1n) is 10.4. The fourth-order valence-electron chi connectivity index (χ4n) is 3.12. The van der Waals surface area contributed by atoms with Crippen LogP contribution in [0.4, 0.5) is 10.5 Å². The molecule has 0 unspecified atom stereocenters. The molecule has 0 radical (unpaired) electrons. The van der Waals surface area contributed by atoms with E-state index in [2.05, 4.69) is 44.2 Å². The average molecular weight is 411 g/mol. The minimum atomic E-state index is -0.231. The van der Waals surface area contributed by atoms with Gasteiger partial charge in [-0.2, -0.15) is 4.98 Å². The molecule has 30 heavy (non-hydrogen) atoms. The number of carbonyl (C=O) groups excluding carboxylic acids is 1. The van der Waals surface area contributed by atoms with Crippen molar-refractivity contribution in [3.8, 4) is 0 Å². The normalized spacial score (nSPS) is 11.3. The van der Waals surface area contributed by atoms with Crippen molar-refractivity contribution in [2.45, 2.75) is 58.9 Å². The Labute approximate surface area is 177 Å². The first-order chi connectivity index (χ1) is 14.4. The summed E-state index contributed by atoms with van der Waals surface area (Å²) in [5.74, 6) is 2.97. The van der Waals surface area contributed by atoms with E-state index in [-0.39, 0.29) is 11.9 Å². The number of nitrogens with zero attached hydrogens (tertiary/aromatic N) is 4. The van der Waals surface area contributed by atoms with Crippen molar-refractivity contribution in [1.29, 1.82) is 0 Å². The van der Waals surface area contributed by atoms with Gasteiger partial charge in [0.2, 0.25) is 5.89 Å². The maximum Gasteiger partial charge on any atom is 0.319 e. The van der Waals surface area contributed by atoms with Gasteiger partial charge in [0.05, 0.1) is 0 Å². The molecule has 0 spiro atoms. The number of anilines is 1. The topological polar surface area (TPSA) is 97.9 Å². The zero-order valence-electron chi connectivity index (χ0n) is 18.1. The number of hydrogen-bond donors (Lipinski definition) is 2. The molecule has 0 bridgehead atoms. The molecular formula is C22H30N6O2. The lowest BCUT2D eigenvalue weighted by molar-refractivity contribution is 0.252. The highest BCUT2D eigenvalue weighted by Gasteiger charge is 2.10. The summed E-state index contributed by atoms with van der Waals surface area (Å²) < 4.78 is 7.34. The van der Waals surface area contributed by atoms with Gasteiger partial charge >= 0.3 is 6.03 Å². The Balaban J connectivity index is 1.46. The van der Waals surface area contributed by atoms with Crippen molar-refractivity contribution in [3.63, 3.8) is 0 Å². The highest BCUT2D eigenvalue weighted by Crippen LogP contribution is 2.16. The summed E-state index contributed by atoms with van der Waals surface area (Å²) in [6.07, 6.45) is 5.17. The number of hydrogen-bond acceptors (Lipinski definition) is 5. The Hall–Kier alpha value is -3.16. The molecule has 160 valence electrons. The van der Waals surface area contributed by atoms with Crippen LogP contribution >= 0.6 is 0 Å². The van der Waals surface area contributed by atoms with E-state index in [9.17, 15) is 4.79 Å². The summed E-state index contributed by atoms with van der Waals surface area (Å²) in [6, 6.07) is 7.62. The zero-order chi connectivity index (χ0) is 21.5. The summed E-state index contributed by atoms with van der Waals surface area (Å²) in [5, 5.41) is 9.70. The molecular weight excluding hydrogens is 380 g/mol. The van der Waals surface area contributed by atoms with Crippen molar-refractivity contribution in [2.75, 3.05) is 11.9 Å². The van der Waals surface area contributed by atoms with E-state index in [0.29, 0.717) is 37.1 Å². The van der Waals surface area contributed by atoms with E-state index in [1.165, 1.54) is 0 Å². The minimum absolute atomic E-state index is 0.231. The molecule has 2 aromatic heterocycles. The van der Waals surface area contributed by atoms with E-state index < -0.39 is 0 Å². The van der Waals surface area contributed by atoms with E-state index in [1.54, 1.807) is 0 Å². The lowest BCUT2D eigenvalue weighted by Crippen LogP contribution is -2.29. The highest BCUT2D eigenvalue weighted by atomic mass is 16.5. The van der Waals surface area contributed by atoms with E-state index in [1.807, 2.05) is 50.5 Å². The van der Waals surface area contributed by atoms with Crippen LogP contribution in [0.5, 0.6) is 0 Å². The van der Waals surface area contributed by atoms with Gasteiger partial charge in [-0.1, -0.05) is 45.0 Å². The molecule has 0 saturated carbocycles. The first kappa shape index (κ1) is 21.5. The highest BCUT2D eigenvalue weighted by molar-refractivity contribution is 5.89. The Morgan fingerprint density at radius 3 is 2.77 bits per heavy atom. The second-order valence-electron chi connectivity index (χ2n) is 7.95. The van der Waals surface area contributed by atoms with Crippen LogP contribution in [0.15, 0.2) is 41.2 Å². The number of aromatic nitrogens is 4. The van der Waals surface area contributed by atoms with Gasteiger partial charge in [-0.15, -0.1) is 0 Å². The number of benzene rings is 1. The smallest absolute Gasteiger partial charge is 0.319 e. The predicted octanol–water partition coefficient (Wildman–Crippen LogP) is 4.32. The predicted molar refractivity (Wildman–Crippen MR) is 116 cm³/mol. The standard InChI is InChI=1S/C22H30N6O2/c1-15(2)20-26-19(30-27-20)9-6-10-24-22(29)25-18-8-5-7-17(13-18)14-28-12-11-23-21(28)16(3)4/h5,7-8,11-13,15-16H,6,9-10,14H2,1-4H3,(H2,24,25,29). The zero-order valence-corrected chi connectivity index (χ0v) is 18.1. The van der Waals surface area contributed by atoms with Gasteiger partial charge < -0.3 is 19.7 Å². The second kappa shape index (κ2) is 10.0. The number of imidazole rings is 1. The molecule has 0 fully saturated rings. The van der Waals surface area contributed by atoms with Crippen LogP contribution in [-0.4, -0.2) is 32.3 Å². The maximum atomic E-state index is 12.2. The number of nitrogens with one attached hydrogen (secondary N) is 2. The van der Waals surface area contributed by atoms with Crippen LogP contribution in [0.25, 0.3) is 0 Å². The van der Waals surface area contributed by atoms with Crippen molar-refractivity contribution in [2.24, 2.45) is 0 Å². The number of amides is 2. The van der Waals surface area contributed by atoms with Crippen LogP contribution in [0.3, 0.4) is 0 Å². The van der Waals surface area contributed by atoms with Gasteiger partial charge in [-0.25, -0.2) is 9.78 Å². The lowest BCUT2D eigenvalue weighted by atomic mass is 10.1. The van der Waals surface area contributed by atoms with E-state index in [4.69, 9.17) is 4.52 Å². The molecule has 3 aromatic rings. The Morgan fingerprint density at radius 1 is 1.20 bits per heavy atom. The number of rotatable bonds is 9. The number of urea groups is 1. The van der Waals surface area contributed by atoms with Crippen LogP contribution < -0.4 is 10.6 Å². The second-order valence-corrected chi connectivity index (χ2v) is 7.95. The fraction of sp³-hybridized carbons (Fsp3) is 0.455. The largest absolute Gasteiger partial charge is 0.339 e. The number of carbonyl (C=O) groups is 1. The van der Waals surface area contributed by atoms with Crippen molar-refractivity contribution in [3.05, 3.63) is 59.8 Å². The molecule has 8 heteroatoms. The van der Waals surface area contributed by atoms with Crippen LogP contribution in [0.1, 0.15) is 69.1 Å². The Bertz CT molecular complexity index is 960. The third-order valence-electron chi connectivity index (χ3n) is 4.66. The molecule has 2 heterocycles. The molecule has 0 aliphatic rings. The van der Waals surface area contributed by atoms with Crippen LogP contribution in [0.2, 0.25) is 0 Å². The SMILES string of the molecule is CC(C)c1noc(CCCNC(=O)Nc2cccc(Cn3ccnc3C(C)C)c2)n1. The van der Waals surface area contributed by atoms with Crippen molar-refractivity contribution < 1.29 is 9.32 Å². The van der Waals surface area contributed by atoms with Gasteiger partial charge in [-0.05, 0) is 24.1 Å². The van der Waals surface area contributed by atoms with Crippen molar-refractivity contribution >= 4 is 11.7 Å².